The molecule has 0 atom stereocenters. The van der Waals surface area contributed by atoms with Crippen LogP contribution in [-0.4, -0.2) is 24.8 Å². The molecule has 18 heavy (non-hydrogen) atoms. The van der Waals surface area contributed by atoms with Crippen LogP contribution in [0.3, 0.4) is 0 Å². The molecule has 0 aliphatic carbocycles. The molecule has 1 aromatic rings. The van der Waals surface area contributed by atoms with Crippen LogP contribution in [0.1, 0.15) is 15.9 Å². The Morgan fingerprint density at radius 1 is 1.44 bits per heavy atom. The second-order valence-electron chi connectivity index (χ2n) is 3.82. The van der Waals surface area contributed by atoms with Gasteiger partial charge < -0.3 is 11.1 Å². The van der Waals surface area contributed by atoms with Crippen molar-refractivity contribution < 1.29 is 22.4 Å². The van der Waals surface area contributed by atoms with Gasteiger partial charge in [-0.15, -0.1) is 0 Å². The zero-order valence-corrected chi connectivity index (χ0v) is 9.51. The van der Waals surface area contributed by atoms with E-state index in [-0.39, 0.29) is 11.3 Å². The minimum atomic E-state index is -4.25. The van der Waals surface area contributed by atoms with Gasteiger partial charge in [-0.25, -0.2) is 8.78 Å². The first-order valence-electron chi connectivity index (χ1n) is 5.04. The van der Waals surface area contributed by atoms with Crippen molar-refractivity contribution in [1.82, 2.24) is 5.32 Å². The van der Waals surface area contributed by atoms with E-state index in [1.54, 1.807) is 18.3 Å². The van der Waals surface area contributed by atoms with Crippen LogP contribution >= 0.6 is 0 Å². The summed E-state index contributed by atoms with van der Waals surface area (Å²) in [5.41, 5.74) is 6.33. The highest BCUT2D eigenvalue weighted by Gasteiger charge is 2.40. The topological polar surface area (TPSA) is 55.1 Å². The Hall–Kier alpha value is -1.79. The molecule has 0 aliphatic rings. The van der Waals surface area contributed by atoms with Crippen LogP contribution in [-0.2, 0) is 0 Å². The minimum Gasteiger partial charge on any atom is -0.399 e. The first kappa shape index (κ1) is 14.3. The fourth-order valence-corrected chi connectivity index (χ4v) is 1.25. The lowest BCUT2D eigenvalue weighted by atomic mass is 10.1. The molecule has 0 saturated heterocycles. The van der Waals surface area contributed by atoms with E-state index < -0.39 is 24.8 Å². The Morgan fingerprint density at radius 2 is 2.06 bits per heavy atom. The van der Waals surface area contributed by atoms with Crippen molar-refractivity contribution in [1.29, 1.82) is 0 Å². The molecule has 7 heteroatoms. The van der Waals surface area contributed by atoms with Crippen LogP contribution in [0, 0.1) is 6.92 Å². The zero-order valence-electron chi connectivity index (χ0n) is 9.51. The molecule has 0 heterocycles. The van der Waals surface area contributed by atoms with Crippen molar-refractivity contribution in [2.75, 3.05) is 12.3 Å². The second-order valence-corrected chi connectivity index (χ2v) is 3.82. The number of nitrogens with two attached hydrogens (primary N) is 1. The number of nitrogens with one attached hydrogen (secondary N) is 1. The molecule has 0 saturated carbocycles. The van der Waals surface area contributed by atoms with E-state index in [0.29, 0.717) is 5.56 Å². The summed E-state index contributed by atoms with van der Waals surface area (Å²) in [6, 6.07) is 4.38. The molecule has 3 N–H and O–H groups in total. The Balaban J connectivity index is 2.75. The third-order valence-electron chi connectivity index (χ3n) is 2.31. The highest BCUT2D eigenvalue weighted by molar-refractivity contribution is 5.96. The number of anilines is 1. The normalized spacial score (nSPS) is 11.7. The number of aryl methyl sites for hydroxylation is 1. The van der Waals surface area contributed by atoms with Gasteiger partial charge in [0, 0.05) is 11.3 Å². The Morgan fingerprint density at radius 3 is 2.61 bits per heavy atom. The Bertz CT molecular complexity index is 449. The van der Waals surface area contributed by atoms with E-state index in [1.165, 1.54) is 12.1 Å². The molecule has 0 aliphatic heterocycles. The fourth-order valence-electron chi connectivity index (χ4n) is 1.25. The van der Waals surface area contributed by atoms with Gasteiger partial charge in [0.15, 0.2) is 0 Å². The number of hydrogen-bond acceptors (Lipinski definition) is 2. The summed E-state index contributed by atoms with van der Waals surface area (Å²) in [5.74, 6) is -5.11. The van der Waals surface area contributed by atoms with Crippen molar-refractivity contribution in [2.45, 2.75) is 19.3 Å². The molecular weight excluding hydrogens is 252 g/mol. The first-order chi connectivity index (χ1) is 8.24. The van der Waals surface area contributed by atoms with Gasteiger partial charge in [-0.2, -0.15) is 8.78 Å². The quantitative estimate of drug-likeness (QED) is 0.647. The van der Waals surface area contributed by atoms with Gasteiger partial charge in [0.25, 0.3) is 5.91 Å². The van der Waals surface area contributed by atoms with Crippen LogP contribution in [0.25, 0.3) is 0 Å². The lowest BCUT2D eigenvalue weighted by molar-refractivity contribution is -0.123. The number of benzene rings is 1. The molecule has 0 bridgehead atoms. The van der Waals surface area contributed by atoms with Crippen LogP contribution < -0.4 is 11.1 Å². The summed E-state index contributed by atoms with van der Waals surface area (Å²) in [6.07, 6.45) is -3.82. The number of rotatable bonds is 4. The van der Waals surface area contributed by atoms with E-state index in [9.17, 15) is 22.4 Å². The second kappa shape index (κ2) is 5.24. The van der Waals surface area contributed by atoms with Crippen molar-refractivity contribution in [3.8, 4) is 0 Å². The monoisotopic (exact) mass is 264 g/mol. The average molecular weight is 264 g/mol. The molecule has 0 spiro atoms. The van der Waals surface area contributed by atoms with Gasteiger partial charge in [-0.3, -0.25) is 4.79 Å². The van der Waals surface area contributed by atoms with E-state index >= 15 is 0 Å². The number of alkyl halides is 4. The third-order valence-corrected chi connectivity index (χ3v) is 2.31. The van der Waals surface area contributed by atoms with Crippen LogP contribution in [0.5, 0.6) is 0 Å². The molecule has 0 unspecified atom stereocenters. The SMILES string of the molecule is Cc1ccc(N)cc1C(=O)NCC(F)(F)C(F)F. The molecule has 1 rings (SSSR count). The summed E-state index contributed by atoms with van der Waals surface area (Å²) in [7, 11) is 0. The maximum Gasteiger partial charge on any atom is 0.324 e. The maximum atomic E-state index is 12.6. The number of nitrogen functional groups attached to an aromatic ring is 1. The van der Waals surface area contributed by atoms with Crippen LogP contribution in [0.15, 0.2) is 18.2 Å². The third kappa shape index (κ3) is 3.35. The van der Waals surface area contributed by atoms with Gasteiger partial charge >= 0.3 is 12.3 Å². The number of amides is 1. The maximum absolute atomic E-state index is 12.6. The number of carbonyl (C=O) groups is 1. The lowest BCUT2D eigenvalue weighted by Gasteiger charge is -2.16. The molecule has 1 amide bonds. The molecule has 0 fully saturated rings. The van der Waals surface area contributed by atoms with E-state index in [1.807, 2.05) is 0 Å². The molecule has 100 valence electrons. The summed E-state index contributed by atoms with van der Waals surface area (Å²) in [5, 5.41) is 1.76. The van der Waals surface area contributed by atoms with Gasteiger partial charge in [0.05, 0.1) is 6.54 Å². The van der Waals surface area contributed by atoms with Crippen molar-refractivity contribution in [3.63, 3.8) is 0 Å². The lowest BCUT2D eigenvalue weighted by Crippen LogP contribution is -2.41. The summed E-state index contributed by atoms with van der Waals surface area (Å²) < 4.78 is 49.0. The highest BCUT2D eigenvalue weighted by Crippen LogP contribution is 2.22. The predicted molar refractivity (Wildman–Crippen MR) is 58.9 cm³/mol. The highest BCUT2D eigenvalue weighted by atomic mass is 19.3. The molecule has 0 radical (unpaired) electrons. The average Bonchev–Trinajstić information content (AvgIpc) is 2.29. The largest absolute Gasteiger partial charge is 0.399 e. The van der Waals surface area contributed by atoms with Crippen molar-refractivity contribution in [3.05, 3.63) is 29.3 Å². The van der Waals surface area contributed by atoms with Gasteiger partial charge in [0.1, 0.15) is 0 Å². The van der Waals surface area contributed by atoms with Crippen LogP contribution in [0.4, 0.5) is 23.2 Å². The zero-order chi connectivity index (χ0) is 13.9. The Labute approximate surface area is 101 Å². The van der Waals surface area contributed by atoms with E-state index in [2.05, 4.69) is 0 Å². The molecule has 3 nitrogen and oxygen atoms in total. The Kier molecular flexibility index (Phi) is 4.15. The predicted octanol–water partition coefficient (Wildman–Crippen LogP) is 2.21. The van der Waals surface area contributed by atoms with E-state index in [0.717, 1.165) is 0 Å². The fraction of sp³-hybridized carbons (Fsp3) is 0.364. The standard InChI is InChI=1S/C11H12F4N2O/c1-6-2-3-7(16)4-8(6)9(18)17-5-11(14,15)10(12)13/h2-4,10H,5,16H2,1H3,(H,17,18). The minimum absolute atomic E-state index is 0.0834. The summed E-state index contributed by atoms with van der Waals surface area (Å²) in [4.78, 5) is 11.5. The number of halogens is 4. The summed E-state index contributed by atoms with van der Waals surface area (Å²) in [6.45, 7) is 0.164. The first-order valence-corrected chi connectivity index (χ1v) is 5.04. The van der Waals surface area contributed by atoms with Gasteiger partial charge in [-0.1, -0.05) is 6.07 Å². The van der Waals surface area contributed by atoms with E-state index in [4.69, 9.17) is 5.73 Å². The van der Waals surface area contributed by atoms with Crippen molar-refractivity contribution >= 4 is 11.6 Å². The van der Waals surface area contributed by atoms with Gasteiger partial charge in [-0.05, 0) is 24.6 Å². The summed E-state index contributed by atoms with van der Waals surface area (Å²) >= 11 is 0. The van der Waals surface area contributed by atoms with Crippen molar-refractivity contribution in [2.24, 2.45) is 0 Å². The van der Waals surface area contributed by atoms with Crippen LogP contribution in [0.2, 0.25) is 0 Å². The number of hydrogen-bond donors (Lipinski definition) is 2. The molecular formula is C11H12F4N2O. The molecule has 0 aromatic heterocycles. The molecule has 1 aromatic carbocycles. The number of carbonyl (C=O) groups excluding carboxylic acids is 1. The van der Waals surface area contributed by atoms with Gasteiger partial charge in [0.2, 0.25) is 0 Å². The smallest absolute Gasteiger partial charge is 0.324 e.